The molecule has 4 rings (SSSR count). The van der Waals surface area contributed by atoms with E-state index in [0.717, 1.165) is 23.3 Å². The van der Waals surface area contributed by atoms with Crippen molar-refractivity contribution in [3.8, 4) is 5.75 Å². The number of rotatable bonds is 6. The summed E-state index contributed by atoms with van der Waals surface area (Å²) in [4.78, 5) is 11.2. The zero-order chi connectivity index (χ0) is 24.5. The molecule has 3 aromatic carbocycles. The largest absolute Gasteiger partial charge is 0.482 e. The average Bonchev–Trinajstić information content (AvgIpc) is 2.81. The van der Waals surface area contributed by atoms with Crippen molar-refractivity contribution in [3.05, 3.63) is 106 Å². The molecule has 34 heavy (non-hydrogen) atoms. The Balaban J connectivity index is 1.72. The minimum absolute atomic E-state index is 0.117. The summed E-state index contributed by atoms with van der Waals surface area (Å²) in [6.07, 6.45) is 6.12. The van der Waals surface area contributed by atoms with Crippen molar-refractivity contribution in [2.75, 3.05) is 0 Å². The van der Waals surface area contributed by atoms with Crippen LogP contribution in [-0.2, 0) is 10.8 Å². The van der Waals surface area contributed by atoms with E-state index in [1.165, 1.54) is 23.1 Å². The first-order valence-corrected chi connectivity index (χ1v) is 11.9. The highest BCUT2D eigenvalue weighted by atomic mass is 16.5. The van der Waals surface area contributed by atoms with Crippen LogP contribution in [0.15, 0.2) is 72.8 Å². The van der Waals surface area contributed by atoms with Crippen molar-refractivity contribution in [3.63, 3.8) is 0 Å². The molecule has 1 aliphatic carbocycles. The smallest absolute Gasteiger partial charge is 0.335 e. The third-order valence-corrected chi connectivity index (χ3v) is 7.11. The van der Waals surface area contributed by atoms with E-state index in [1.54, 1.807) is 12.1 Å². The van der Waals surface area contributed by atoms with Crippen LogP contribution in [0.3, 0.4) is 0 Å². The van der Waals surface area contributed by atoms with E-state index in [-0.39, 0.29) is 22.5 Å². The van der Waals surface area contributed by atoms with Gasteiger partial charge in [0.1, 0.15) is 11.9 Å². The molecule has 3 nitrogen and oxygen atoms in total. The molecule has 0 amide bonds. The predicted molar refractivity (Wildman–Crippen MR) is 139 cm³/mol. The normalized spacial score (nSPS) is 17.2. The quantitative estimate of drug-likeness (QED) is 0.412. The Bertz CT molecular complexity index is 1200. The Morgan fingerprint density at radius 3 is 2.12 bits per heavy atom. The summed E-state index contributed by atoms with van der Waals surface area (Å²) in [5.74, 6) is -0.102. The Morgan fingerprint density at radius 2 is 1.50 bits per heavy atom. The molecule has 0 fully saturated rings. The van der Waals surface area contributed by atoms with E-state index in [0.29, 0.717) is 0 Å². The van der Waals surface area contributed by atoms with Crippen LogP contribution < -0.4 is 4.74 Å². The highest BCUT2D eigenvalue weighted by Gasteiger charge is 2.37. The lowest BCUT2D eigenvalue weighted by Crippen LogP contribution is -2.34. The van der Waals surface area contributed by atoms with Gasteiger partial charge in [-0.15, -0.1) is 0 Å². The van der Waals surface area contributed by atoms with Gasteiger partial charge in [0.15, 0.2) is 0 Å². The number of carboxylic acid groups (broad SMARTS) is 1. The van der Waals surface area contributed by atoms with Crippen LogP contribution in [0.2, 0.25) is 0 Å². The van der Waals surface area contributed by atoms with Crippen molar-refractivity contribution < 1.29 is 14.6 Å². The summed E-state index contributed by atoms with van der Waals surface area (Å²) in [6, 6.07) is 21.8. The molecule has 0 spiro atoms. The lowest BCUT2D eigenvalue weighted by Gasteiger charge is -2.42. The molecule has 0 bridgehead atoms. The summed E-state index contributed by atoms with van der Waals surface area (Å²) in [6.45, 7) is 11.4. The van der Waals surface area contributed by atoms with E-state index in [4.69, 9.17) is 9.84 Å². The van der Waals surface area contributed by atoms with E-state index in [9.17, 15) is 4.79 Å². The summed E-state index contributed by atoms with van der Waals surface area (Å²) < 4.78 is 6.47. The molecule has 0 aliphatic heterocycles. The number of hydrogen-bond donors (Lipinski definition) is 1. The minimum atomic E-state index is -0.921. The molecular weight excluding hydrogens is 420 g/mol. The second-order valence-electron chi connectivity index (χ2n) is 10.7. The molecule has 0 saturated carbocycles. The van der Waals surface area contributed by atoms with Crippen LogP contribution in [0.4, 0.5) is 0 Å². The molecule has 176 valence electrons. The number of aromatic carboxylic acids is 1. The molecule has 0 unspecified atom stereocenters. The van der Waals surface area contributed by atoms with Gasteiger partial charge in [0.05, 0.1) is 5.56 Å². The first kappa shape index (κ1) is 23.8. The van der Waals surface area contributed by atoms with Crippen LogP contribution in [0, 0.1) is 6.92 Å². The topological polar surface area (TPSA) is 46.5 Å². The molecule has 0 saturated heterocycles. The Morgan fingerprint density at radius 1 is 0.882 bits per heavy atom. The number of carbonyl (C=O) groups is 1. The van der Waals surface area contributed by atoms with Gasteiger partial charge >= 0.3 is 5.97 Å². The summed E-state index contributed by atoms with van der Waals surface area (Å²) >= 11 is 0. The van der Waals surface area contributed by atoms with E-state index in [2.05, 4.69) is 71.0 Å². The predicted octanol–water partition coefficient (Wildman–Crippen LogP) is 7.88. The summed E-state index contributed by atoms with van der Waals surface area (Å²) in [7, 11) is 0. The molecule has 0 aromatic heterocycles. The Kier molecular flexibility index (Phi) is 6.40. The van der Waals surface area contributed by atoms with Gasteiger partial charge in [-0.3, -0.25) is 0 Å². The number of ether oxygens (including phenoxy) is 1. The van der Waals surface area contributed by atoms with Crippen LogP contribution in [0.5, 0.6) is 5.75 Å². The number of aryl methyl sites for hydroxylation is 1. The second-order valence-corrected chi connectivity index (χ2v) is 10.7. The van der Waals surface area contributed by atoms with Crippen molar-refractivity contribution >= 4 is 12.0 Å². The third-order valence-electron chi connectivity index (χ3n) is 7.11. The first-order valence-electron chi connectivity index (χ1n) is 11.9. The van der Waals surface area contributed by atoms with Crippen LogP contribution >= 0.6 is 0 Å². The monoisotopic (exact) mass is 454 g/mol. The molecule has 0 heterocycles. The van der Waals surface area contributed by atoms with Crippen molar-refractivity contribution in [1.82, 2.24) is 0 Å². The zero-order valence-corrected chi connectivity index (χ0v) is 20.8. The van der Waals surface area contributed by atoms with Gasteiger partial charge in [0, 0.05) is 0 Å². The zero-order valence-electron chi connectivity index (χ0n) is 20.8. The van der Waals surface area contributed by atoms with Gasteiger partial charge in [-0.1, -0.05) is 81.8 Å². The fraction of sp³-hybridized carbons (Fsp3) is 0.323. The Hall–Kier alpha value is -3.33. The fourth-order valence-electron chi connectivity index (χ4n) is 4.70. The number of hydrogen-bond acceptors (Lipinski definition) is 2. The third kappa shape index (κ3) is 5.09. The second kappa shape index (κ2) is 9.13. The number of benzene rings is 3. The van der Waals surface area contributed by atoms with Crippen molar-refractivity contribution in [2.45, 2.75) is 64.4 Å². The van der Waals surface area contributed by atoms with E-state index >= 15 is 0 Å². The molecule has 1 atom stereocenters. The number of carboxylic acids is 1. The number of fused-ring (bicyclic) bond motifs is 1. The molecule has 1 aliphatic rings. The maximum atomic E-state index is 11.2. The first-order chi connectivity index (χ1) is 16.0. The highest BCUT2D eigenvalue weighted by molar-refractivity contribution is 5.87. The highest BCUT2D eigenvalue weighted by Crippen LogP contribution is 2.46. The molecule has 3 aromatic rings. The maximum Gasteiger partial charge on any atom is 0.335 e. The Labute approximate surface area is 203 Å². The van der Waals surface area contributed by atoms with E-state index < -0.39 is 5.97 Å². The van der Waals surface area contributed by atoms with Crippen LogP contribution in [-0.4, -0.2) is 11.1 Å². The summed E-state index contributed by atoms with van der Waals surface area (Å²) in [5, 5.41) is 9.16. The van der Waals surface area contributed by atoms with Gasteiger partial charge in [0.2, 0.25) is 0 Å². The van der Waals surface area contributed by atoms with Crippen LogP contribution in [0.1, 0.15) is 84.8 Å². The van der Waals surface area contributed by atoms with Crippen molar-refractivity contribution in [1.29, 1.82) is 0 Å². The lowest BCUT2D eigenvalue weighted by atomic mass is 9.63. The average molecular weight is 455 g/mol. The van der Waals surface area contributed by atoms with Crippen LogP contribution in [0.25, 0.3) is 6.08 Å². The van der Waals surface area contributed by atoms with E-state index in [1.807, 2.05) is 30.3 Å². The van der Waals surface area contributed by atoms with Gasteiger partial charge in [-0.2, -0.15) is 0 Å². The fourth-order valence-corrected chi connectivity index (χ4v) is 4.70. The maximum absolute atomic E-state index is 11.2. The minimum Gasteiger partial charge on any atom is -0.482 e. The SMILES string of the molecule is Cc1ccc(O[C@H](C=Cc2ccc(C(=O)O)cc2)c2ccc3c(c2)C(C)(C)CCC3(C)C)cc1. The molecule has 1 N–H and O–H groups in total. The molecule has 0 radical (unpaired) electrons. The van der Waals surface area contributed by atoms with Gasteiger partial charge in [-0.25, -0.2) is 4.79 Å². The lowest BCUT2D eigenvalue weighted by molar-refractivity contribution is 0.0697. The van der Waals surface area contributed by atoms with Gasteiger partial charge in [-0.05, 0) is 83.2 Å². The van der Waals surface area contributed by atoms with Gasteiger partial charge < -0.3 is 9.84 Å². The molecule has 3 heteroatoms. The standard InChI is InChI=1S/C31H34O3/c1-21-6-14-25(15-7-21)34-28(17-10-22-8-11-23(12-9-22)29(32)33)24-13-16-26-27(20-24)31(4,5)19-18-30(26,2)3/h6-17,20,28H,18-19H2,1-5H3,(H,32,33)/t28-/m1/s1. The van der Waals surface area contributed by atoms with Gasteiger partial charge in [0.25, 0.3) is 0 Å². The summed E-state index contributed by atoms with van der Waals surface area (Å²) in [5.41, 5.74) is 6.63. The van der Waals surface area contributed by atoms with Crippen molar-refractivity contribution in [2.24, 2.45) is 0 Å². The molecular formula is C31H34O3.